The fourth-order valence-corrected chi connectivity index (χ4v) is 7.40. The maximum Gasteiger partial charge on any atom is 0.417 e. The third kappa shape index (κ3) is 10.9. The number of amides is 1. The van der Waals surface area contributed by atoms with E-state index in [1.54, 1.807) is 26.8 Å². The fraction of sp³-hybridized carbons (Fsp3) is 0.488. The zero-order valence-corrected chi connectivity index (χ0v) is 31.4. The Bertz CT molecular complexity index is 1730. The zero-order valence-electron chi connectivity index (χ0n) is 31.4. The topological polar surface area (TPSA) is 93.9 Å². The molecule has 1 saturated carbocycles. The van der Waals surface area contributed by atoms with Gasteiger partial charge in [0.2, 0.25) is 5.91 Å². The van der Waals surface area contributed by atoms with E-state index in [1.807, 2.05) is 60.4 Å². The Morgan fingerprint density at radius 2 is 1.64 bits per heavy atom. The Hall–Kier alpha value is -4.15. The number of hydrogen-bond acceptors (Lipinski definition) is 6. The second kappa shape index (κ2) is 17.8. The first-order valence-corrected chi connectivity index (χ1v) is 18.9. The van der Waals surface area contributed by atoms with Crippen LogP contribution in [0.3, 0.4) is 0 Å². The van der Waals surface area contributed by atoms with Crippen LogP contribution in [0.4, 0.5) is 13.2 Å². The van der Waals surface area contributed by atoms with Gasteiger partial charge < -0.3 is 20.5 Å². The van der Waals surface area contributed by atoms with Gasteiger partial charge in [0.25, 0.3) is 0 Å². The first kappa shape index (κ1) is 40.0. The molecular weight excluding hydrogens is 679 g/mol. The van der Waals surface area contributed by atoms with Gasteiger partial charge in [0.15, 0.2) is 0 Å². The number of alkyl halides is 3. The molecule has 1 aliphatic carbocycles. The van der Waals surface area contributed by atoms with Crippen LogP contribution in [-0.4, -0.2) is 54.7 Å². The summed E-state index contributed by atoms with van der Waals surface area (Å²) in [5.41, 5.74) is 8.37. The zero-order chi connectivity index (χ0) is 38.2. The molecule has 10 heteroatoms. The van der Waals surface area contributed by atoms with E-state index < -0.39 is 23.4 Å². The third-order valence-corrected chi connectivity index (χ3v) is 10.3. The number of likely N-dealkylation sites (tertiary alicyclic amines) is 1. The largest absolute Gasteiger partial charge is 0.491 e. The molecule has 0 aromatic heterocycles. The third-order valence-electron chi connectivity index (χ3n) is 10.3. The molecule has 1 amide bonds. The number of rotatable bonds is 12. The van der Waals surface area contributed by atoms with Crippen LogP contribution in [0.15, 0.2) is 60.7 Å². The van der Waals surface area contributed by atoms with Gasteiger partial charge in [-0.15, -0.1) is 0 Å². The summed E-state index contributed by atoms with van der Waals surface area (Å²) >= 11 is 0. The molecule has 0 bridgehead atoms. The van der Waals surface area contributed by atoms with Gasteiger partial charge in [-0.1, -0.05) is 67.1 Å². The van der Waals surface area contributed by atoms with E-state index in [0.29, 0.717) is 31.0 Å². The van der Waals surface area contributed by atoms with E-state index in [1.165, 1.54) is 12.1 Å². The lowest BCUT2D eigenvalue weighted by molar-refractivity contribution is -0.163. The maximum atomic E-state index is 14.8. The standard InChI is InChI=1S/C43H54F3N3O4/c1-29-31(13-10-14-36(29)32-11-6-5-7-12-32)20-21-34-26-39(52-24-22-48-40(50)33-18-16-30(27-47)17-19-33)35(25-37(34)43(44,45)46)28-49-23-9-8-15-38(49)41(51)53-42(2,3)4/h5-7,10-14,20-21,25-26,30,33,38H,8-9,15-19,22-24,27-28,47H2,1-4H3,(H,48,50)/b21-20+/t30?,33?,38-/m0/s1. The first-order chi connectivity index (χ1) is 25.2. The van der Waals surface area contributed by atoms with E-state index in [2.05, 4.69) is 5.32 Å². The van der Waals surface area contributed by atoms with Crippen LogP contribution >= 0.6 is 0 Å². The number of carbonyl (C=O) groups excluding carboxylic acids is 2. The number of esters is 1. The highest BCUT2D eigenvalue weighted by atomic mass is 19.4. The molecule has 286 valence electrons. The number of ether oxygens (including phenoxy) is 2. The van der Waals surface area contributed by atoms with Gasteiger partial charge in [0.1, 0.15) is 24.0 Å². The summed E-state index contributed by atoms with van der Waals surface area (Å²) < 4.78 is 56.4. The molecule has 1 heterocycles. The van der Waals surface area contributed by atoms with E-state index >= 15 is 0 Å². The number of nitrogens with two attached hydrogens (primary N) is 1. The van der Waals surface area contributed by atoms with Crippen molar-refractivity contribution < 1.29 is 32.2 Å². The van der Waals surface area contributed by atoms with Crippen molar-refractivity contribution in [2.45, 2.75) is 97.0 Å². The number of carbonyl (C=O) groups is 2. The summed E-state index contributed by atoms with van der Waals surface area (Å²) in [7, 11) is 0. The molecule has 3 aromatic carbocycles. The van der Waals surface area contributed by atoms with Crippen LogP contribution < -0.4 is 15.8 Å². The molecule has 0 unspecified atom stereocenters. The molecule has 53 heavy (non-hydrogen) atoms. The lowest BCUT2D eigenvalue weighted by Gasteiger charge is -2.36. The van der Waals surface area contributed by atoms with E-state index in [4.69, 9.17) is 15.2 Å². The van der Waals surface area contributed by atoms with Gasteiger partial charge in [-0.25, -0.2) is 0 Å². The molecule has 1 saturated heterocycles. The highest BCUT2D eigenvalue weighted by molar-refractivity contribution is 5.80. The molecule has 2 fully saturated rings. The normalized spacial score (nSPS) is 20.0. The molecule has 1 aliphatic heterocycles. The second-order valence-corrected chi connectivity index (χ2v) is 15.4. The Morgan fingerprint density at radius 3 is 2.32 bits per heavy atom. The van der Waals surface area contributed by atoms with Crippen molar-refractivity contribution in [3.63, 3.8) is 0 Å². The van der Waals surface area contributed by atoms with Crippen molar-refractivity contribution in [3.8, 4) is 16.9 Å². The van der Waals surface area contributed by atoms with Crippen LogP contribution in [0.1, 0.15) is 93.5 Å². The van der Waals surface area contributed by atoms with Crippen LogP contribution in [0.5, 0.6) is 5.75 Å². The molecule has 2 aliphatic rings. The SMILES string of the molecule is Cc1c(/C=C/c2cc(OCCNC(=O)C3CCC(CN)CC3)c(CN3CCCC[C@H]3C(=O)OC(C)(C)C)cc2C(F)(F)F)cccc1-c1ccccc1. The number of piperidine rings is 1. The van der Waals surface area contributed by atoms with Gasteiger partial charge in [0, 0.05) is 18.0 Å². The molecule has 7 nitrogen and oxygen atoms in total. The molecule has 3 aromatic rings. The summed E-state index contributed by atoms with van der Waals surface area (Å²) in [4.78, 5) is 28.1. The molecule has 5 rings (SSSR count). The molecule has 0 spiro atoms. The number of nitrogens with one attached hydrogen (secondary N) is 1. The Balaban J connectivity index is 1.44. The number of nitrogens with zero attached hydrogens (tertiary/aromatic N) is 1. The van der Waals surface area contributed by atoms with E-state index in [-0.39, 0.29) is 48.8 Å². The summed E-state index contributed by atoms with van der Waals surface area (Å²) in [6, 6.07) is 17.6. The summed E-state index contributed by atoms with van der Waals surface area (Å²) in [6.45, 7) is 8.87. The van der Waals surface area contributed by atoms with Crippen LogP contribution in [0, 0.1) is 18.8 Å². The van der Waals surface area contributed by atoms with Crippen molar-refractivity contribution in [3.05, 3.63) is 88.5 Å². The molecule has 3 N–H and O–H groups in total. The molecule has 0 radical (unpaired) electrons. The molecular formula is C43H54F3N3O4. The highest BCUT2D eigenvalue weighted by Gasteiger charge is 2.36. The lowest BCUT2D eigenvalue weighted by Crippen LogP contribution is -2.46. The van der Waals surface area contributed by atoms with Crippen LogP contribution in [0.2, 0.25) is 0 Å². The van der Waals surface area contributed by atoms with Gasteiger partial charge in [-0.2, -0.15) is 13.2 Å². The van der Waals surface area contributed by atoms with Gasteiger partial charge in [-0.05, 0) is 125 Å². The van der Waals surface area contributed by atoms with Crippen molar-refractivity contribution in [1.82, 2.24) is 10.2 Å². The van der Waals surface area contributed by atoms with Gasteiger partial charge in [-0.3, -0.25) is 14.5 Å². The summed E-state index contributed by atoms with van der Waals surface area (Å²) in [5, 5.41) is 2.96. The number of hydrogen-bond donors (Lipinski definition) is 2. The smallest absolute Gasteiger partial charge is 0.417 e. The second-order valence-electron chi connectivity index (χ2n) is 15.4. The monoisotopic (exact) mass is 733 g/mol. The molecule has 1 atom stereocenters. The highest BCUT2D eigenvalue weighted by Crippen LogP contribution is 2.39. The van der Waals surface area contributed by atoms with Crippen molar-refractivity contribution in [2.75, 3.05) is 26.2 Å². The van der Waals surface area contributed by atoms with E-state index in [9.17, 15) is 22.8 Å². The first-order valence-electron chi connectivity index (χ1n) is 18.9. The van der Waals surface area contributed by atoms with E-state index in [0.717, 1.165) is 66.8 Å². The summed E-state index contributed by atoms with van der Waals surface area (Å²) in [6.07, 6.45) is 4.14. The lowest BCUT2D eigenvalue weighted by atomic mass is 9.81. The fourth-order valence-electron chi connectivity index (χ4n) is 7.40. The minimum Gasteiger partial charge on any atom is -0.491 e. The Kier molecular flexibility index (Phi) is 13.4. The van der Waals surface area contributed by atoms with Crippen LogP contribution in [-0.2, 0) is 27.0 Å². The van der Waals surface area contributed by atoms with Crippen molar-refractivity contribution >= 4 is 24.0 Å². The Morgan fingerprint density at radius 1 is 0.925 bits per heavy atom. The van der Waals surface area contributed by atoms with Crippen LogP contribution in [0.25, 0.3) is 23.3 Å². The van der Waals surface area contributed by atoms with Gasteiger partial charge in [0.05, 0.1) is 12.1 Å². The van der Waals surface area contributed by atoms with Crippen molar-refractivity contribution in [1.29, 1.82) is 0 Å². The van der Waals surface area contributed by atoms with Gasteiger partial charge >= 0.3 is 12.1 Å². The quantitative estimate of drug-likeness (QED) is 0.110. The minimum atomic E-state index is -4.66. The number of halogens is 3. The maximum absolute atomic E-state index is 14.8. The predicted molar refractivity (Wildman–Crippen MR) is 204 cm³/mol. The Labute approximate surface area is 312 Å². The van der Waals surface area contributed by atoms with Crippen molar-refractivity contribution in [2.24, 2.45) is 17.6 Å². The average Bonchev–Trinajstić information content (AvgIpc) is 3.13. The minimum absolute atomic E-state index is 0.0381. The average molecular weight is 734 g/mol. The predicted octanol–water partition coefficient (Wildman–Crippen LogP) is 8.81. The summed E-state index contributed by atoms with van der Waals surface area (Å²) in [5.74, 6) is 0.228. The number of benzene rings is 3.